The summed E-state index contributed by atoms with van der Waals surface area (Å²) in [5, 5.41) is 0. The van der Waals surface area contributed by atoms with Gasteiger partial charge in [-0.2, -0.15) is 0 Å². The van der Waals surface area contributed by atoms with Gasteiger partial charge in [0.25, 0.3) is 0 Å². The van der Waals surface area contributed by atoms with E-state index in [4.69, 9.17) is 12.2 Å². The highest BCUT2D eigenvalue weighted by molar-refractivity contribution is 9.10. The largest absolute Gasteiger partial charge is 0.342 e. The topological polar surface area (TPSA) is 41.6 Å². The van der Waals surface area contributed by atoms with Crippen LogP contribution in [0.1, 0.15) is 25.5 Å². The van der Waals surface area contributed by atoms with Crippen LogP contribution in [-0.4, -0.2) is 15.0 Å². The first-order chi connectivity index (χ1) is 8.06. The van der Waals surface area contributed by atoms with Crippen LogP contribution in [0.2, 0.25) is 0 Å². The first kappa shape index (κ1) is 12.4. The van der Waals surface area contributed by atoms with Gasteiger partial charge in [0.15, 0.2) is 5.82 Å². The average Bonchev–Trinajstić information content (AvgIpc) is 2.29. The fourth-order valence-corrected chi connectivity index (χ4v) is 1.88. The predicted molar refractivity (Wildman–Crippen MR) is 74.4 cm³/mol. The van der Waals surface area contributed by atoms with Crippen molar-refractivity contribution in [2.45, 2.75) is 19.8 Å². The van der Waals surface area contributed by atoms with Crippen LogP contribution in [0.4, 0.5) is 0 Å². The van der Waals surface area contributed by atoms with Crippen LogP contribution in [0.5, 0.6) is 0 Å². The van der Waals surface area contributed by atoms with E-state index in [0.29, 0.717) is 16.4 Å². The molecule has 0 fully saturated rings. The SMILES string of the molecule is CC(C)c1cc(=S)nc(-c2ccc(Br)cn2)[nH]1. The zero-order valence-corrected chi connectivity index (χ0v) is 12.0. The van der Waals surface area contributed by atoms with Crippen molar-refractivity contribution in [1.82, 2.24) is 15.0 Å². The van der Waals surface area contributed by atoms with Crippen molar-refractivity contribution in [3.05, 3.63) is 39.2 Å². The summed E-state index contributed by atoms with van der Waals surface area (Å²) in [6.45, 7) is 4.22. The van der Waals surface area contributed by atoms with E-state index in [1.165, 1.54) is 0 Å². The molecule has 0 saturated carbocycles. The van der Waals surface area contributed by atoms with Crippen LogP contribution in [0, 0.1) is 4.64 Å². The Bertz CT molecular complexity index is 575. The van der Waals surface area contributed by atoms with Gasteiger partial charge >= 0.3 is 0 Å². The zero-order chi connectivity index (χ0) is 12.4. The minimum atomic E-state index is 0.383. The number of hydrogen-bond donors (Lipinski definition) is 1. The molecule has 0 aliphatic heterocycles. The number of hydrogen-bond acceptors (Lipinski definition) is 3. The van der Waals surface area contributed by atoms with E-state index < -0.39 is 0 Å². The molecule has 2 aromatic rings. The van der Waals surface area contributed by atoms with Crippen LogP contribution < -0.4 is 0 Å². The van der Waals surface area contributed by atoms with E-state index in [1.807, 2.05) is 18.2 Å². The van der Waals surface area contributed by atoms with Crippen molar-refractivity contribution in [3.63, 3.8) is 0 Å². The second-order valence-corrected chi connectivity index (χ2v) is 5.37. The molecule has 0 radical (unpaired) electrons. The molecule has 17 heavy (non-hydrogen) atoms. The second kappa shape index (κ2) is 5.06. The molecule has 2 heterocycles. The van der Waals surface area contributed by atoms with Gasteiger partial charge in [0, 0.05) is 16.4 Å². The Balaban J connectivity index is 2.52. The summed E-state index contributed by atoms with van der Waals surface area (Å²) >= 11 is 8.52. The van der Waals surface area contributed by atoms with Gasteiger partial charge in [0.1, 0.15) is 10.3 Å². The first-order valence-corrected chi connectivity index (χ1v) is 6.49. The van der Waals surface area contributed by atoms with E-state index in [2.05, 4.69) is 44.7 Å². The molecule has 2 rings (SSSR count). The highest BCUT2D eigenvalue weighted by atomic mass is 79.9. The molecule has 0 atom stereocenters. The van der Waals surface area contributed by atoms with Gasteiger partial charge in [0.05, 0.1) is 0 Å². The van der Waals surface area contributed by atoms with Crippen LogP contribution in [0.3, 0.4) is 0 Å². The van der Waals surface area contributed by atoms with E-state index in [9.17, 15) is 0 Å². The molecule has 0 aliphatic rings. The number of nitrogens with one attached hydrogen (secondary N) is 1. The van der Waals surface area contributed by atoms with Crippen molar-refractivity contribution in [3.8, 4) is 11.5 Å². The maximum Gasteiger partial charge on any atom is 0.157 e. The standard InChI is InChI=1S/C12H12BrN3S/c1-7(2)10-5-11(17)16-12(15-10)9-4-3-8(13)6-14-9/h3-7H,1-2H3,(H,15,16,17). The molecule has 0 unspecified atom stereocenters. The normalized spacial score (nSPS) is 10.8. The summed E-state index contributed by atoms with van der Waals surface area (Å²) in [6.07, 6.45) is 1.75. The third-order valence-corrected chi connectivity index (χ3v) is 3.03. The van der Waals surface area contributed by atoms with E-state index in [0.717, 1.165) is 15.9 Å². The Hall–Kier alpha value is -1.07. The molecule has 2 aromatic heterocycles. The molecule has 0 bridgehead atoms. The van der Waals surface area contributed by atoms with Crippen LogP contribution in [0.25, 0.3) is 11.5 Å². The van der Waals surface area contributed by atoms with Crippen LogP contribution in [-0.2, 0) is 0 Å². The van der Waals surface area contributed by atoms with Crippen LogP contribution in [0.15, 0.2) is 28.9 Å². The first-order valence-electron chi connectivity index (χ1n) is 5.29. The fraction of sp³-hybridized carbons (Fsp3) is 0.250. The second-order valence-electron chi connectivity index (χ2n) is 4.04. The van der Waals surface area contributed by atoms with Gasteiger partial charge < -0.3 is 4.98 Å². The van der Waals surface area contributed by atoms with Gasteiger partial charge in [-0.05, 0) is 40.0 Å². The molecular weight excluding hydrogens is 298 g/mol. The van der Waals surface area contributed by atoms with Crippen molar-refractivity contribution in [1.29, 1.82) is 0 Å². The number of rotatable bonds is 2. The van der Waals surface area contributed by atoms with Crippen LogP contribution >= 0.6 is 28.1 Å². The Morgan fingerprint density at radius 1 is 1.35 bits per heavy atom. The van der Waals surface area contributed by atoms with Gasteiger partial charge in [-0.3, -0.25) is 4.98 Å². The number of nitrogens with zero attached hydrogens (tertiary/aromatic N) is 2. The Kier molecular flexibility index (Phi) is 3.69. The van der Waals surface area contributed by atoms with Gasteiger partial charge in [-0.15, -0.1) is 0 Å². The van der Waals surface area contributed by atoms with E-state index >= 15 is 0 Å². The maximum atomic E-state index is 5.16. The van der Waals surface area contributed by atoms with Gasteiger partial charge in [-0.25, -0.2) is 4.98 Å². The monoisotopic (exact) mass is 309 g/mol. The maximum absolute atomic E-state index is 5.16. The summed E-state index contributed by atoms with van der Waals surface area (Å²) in [7, 11) is 0. The lowest BCUT2D eigenvalue weighted by atomic mass is 10.1. The van der Waals surface area contributed by atoms with Crippen molar-refractivity contribution < 1.29 is 0 Å². The molecule has 0 aliphatic carbocycles. The molecule has 0 spiro atoms. The Labute approximate surface area is 113 Å². The van der Waals surface area contributed by atoms with Crippen molar-refractivity contribution >= 4 is 28.1 Å². The molecule has 0 aromatic carbocycles. The quantitative estimate of drug-likeness (QED) is 0.850. The lowest BCUT2D eigenvalue weighted by Gasteiger charge is -2.08. The molecule has 88 valence electrons. The fourth-order valence-electron chi connectivity index (χ4n) is 1.42. The Morgan fingerprint density at radius 2 is 2.12 bits per heavy atom. The van der Waals surface area contributed by atoms with Gasteiger partial charge in [-0.1, -0.05) is 26.1 Å². The lowest BCUT2D eigenvalue weighted by molar-refractivity contribution is 0.814. The number of aromatic nitrogens is 3. The molecule has 3 nitrogen and oxygen atoms in total. The number of H-pyrrole nitrogens is 1. The minimum absolute atomic E-state index is 0.383. The van der Waals surface area contributed by atoms with Crippen molar-refractivity contribution in [2.24, 2.45) is 0 Å². The highest BCUT2D eigenvalue weighted by Crippen LogP contribution is 2.18. The number of halogens is 1. The summed E-state index contributed by atoms with van der Waals surface area (Å²) in [4.78, 5) is 11.9. The third-order valence-electron chi connectivity index (χ3n) is 2.36. The molecule has 0 saturated heterocycles. The summed E-state index contributed by atoms with van der Waals surface area (Å²) in [6, 6.07) is 5.73. The third kappa shape index (κ3) is 2.98. The predicted octanol–water partition coefficient (Wildman–Crippen LogP) is 4.09. The highest BCUT2D eigenvalue weighted by Gasteiger charge is 2.06. The molecular formula is C12H12BrN3S. The molecule has 5 heteroatoms. The summed E-state index contributed by atoms with van der Waals surface area (Å²) in [5.41, 5.74) is 1.87. The van der Waals surface area contributed by atoms with Gasteiger partial charge in [0.2, 0.25) is 0 Å². The molecule has 1 N–H and O–H groups in total. The van der Waals surface area contributed by atoms with E-state index in [1.54, 1.807) is 6.20 Å². The average molecular weight is 310 g/mol. The smallest absolute Gasteiger partial charge is 0.157 e. The van der Waals surface area contributed by atoms with Crippen molar-refractivity contribution in [2.75, 3.05) is 0 Å². The number of pyridine rings is 1. The zero-order valence-electron chi connectivity index (χ0n) is 9.57. The lowest BCUT2D eigenvalue weighted by Crippen LogP contribution is -1.98. The Morgan fingerprint density at radius 3 is 2.71 bits per heavy atom. The summed E-state index contributed by atoms with van der Waals surface area (Å²) < 4.78 is 1.53. The number of aromatic amines is 1. The van der Waals surface area contributed by atoms with E-state index in [-0.39, 0.29) is 0 Å². The summed E-state index contributed by atoms with van der Waals surface area (Å²) in [5.74, 6) is 1.10. The minimum Gasteiger partial charge on any atom is -0.342 e. The molecule has 0 amide bonds.